The molecule has 0 bridgehead atoms. The molecule has 1 rings (SSSR count). The molecular weight excluding hydrogens is 307 g/mol. The molecule has 0 spiro atoms. The summed E-state index contributed by atoms with van der Waals surface area (Å²) in [6.45, 7) is 4.65. The number of carbonyl (C=O) groups is 1. The van der Waals surface area contributed by atoms with Crippen molar-refractivity contribution in [1.29, 1.82) is 0 Å². The lowest BCUT2D eigenvalue weighted by Gasteiger charge is -2.21. The second-order valence-corrected chi connectivity index (χ2v) is 5.52. The van der Waals surface area contributed by atoms with Gasteiger partial charge in [-0.2, -0.15) is 0 Å². The monoisotopic (exact) mass is 334 g/mol. The first-order valence-corrected chi connectivity index (χ1v) is 8.15. The van der Waals surface area contributed by atoms with Gasteiger partial charge in [0.05, 0.1) is 6.54 Å². The van der Waals surface area contributed by atoms with Gasteiger partial charge in [0.2, 0.25) is 5.91 Å². The first-order valence-electron chi connectivity index (χ1n) is 8.15. The van der Waals surface area contributed by atoms with Crippen molar-refractivity contribution >= 4 is 17.6 Å². The number of amides is 1. The lowest BCUT2D eigenvalue weighted by atomic mass is 10.2. The standard InChI is InChI=1S/C18H27FN4O/c1-4-5-6-7-8-12-23(3)18(20-2)21-14-17(24)22-16-11-9-10-15(19)13-16/h4,9-11,13H,1,5-8,12,14H2,2-3H3,(H,20,21)(H,22,24). The van der Waals surface area contributed by atoms with Crippen molar-refractivity contribution in [2.75, 3.05) is 32.5 Å². The fourth-order valence-corrected chi connectivity index (χ4v) is 2.24. The number of carbonyl (C=O) groups excluding carboxylic acids is 1. The average Bonchev–Trinajstić information content (AvgIpc) is 2.55. The number of hydrogen-bond acceptors (Lipinski definition) is 2. The molecule has 5 nitrogen and oxygen atoms in total. The Morgan fingerprint density at radius 3 is 2.83 bits per heavy atom. The van der Waals surface area contributed by atoms with Crippen LogP contribution in [0.4, 0.5) is 10.1 Å². The molecule has 0 aliphatic rings. The molecular formula is C18H27FN4O. The van der Waals surface area contributed by atoms with Crippen LogP contribution in [0.1, 0.15) is 25.7 Å². The average molecular weight is 334 g/mol. The van der Waals surface area contributed by atoms with E-state index in [1.54, 1.807) is 19.2 Å². The van der Waals surface area contributed by atoms with Crippen molar-refractivity contribution in [2.24, 2.45) is 4.99 Å². The molecule has 0 aliphatic heterocycles. The minimum Gasteiger partial charge on any atom is -0.347 e. The molecule has 0 saturated carbocycles. The summed E-state index contributed by atoms with van der Waals surface area (Å²) in [6, 6.07) is 5.81. The van der Waals surface area contributed by atoms with Crippen molar-refractivity contribution in [3.8, 4) is 0 Å². The van der Waals surface area contributed by atoms with Crippen LogP contribution in [0, 0.1) is 5.82 Å². The summed E-state index contributed by atoms with van der Waals surface area (Å²) >= 11 is 0. The maximum atomic E-state index is 13.1. The van der Waals surface area contributed by atoms with Crippen LogP contribution in [0.25, 0.3) is 0 Å². The van der Waals surface area contributed by atoms with E-state index in [1.165, 1.54) is 12.1 Å². The molecule has 1 aromatic carbocycles. The zero-order valence-electron chi connectivity index (χ0n) is 14.5. The fourth-order valence-electron chi connectivity index (χ4n) is 2.24. The van der Waals surface area contributed by atoms with E-state index >= 15 is 0 Å². The Morgan fingerprint density at radius 2 is 2.17 bits per heavy atom. The molecule has 0 aromatic heterocycles. The number of hydrogen-bond donors (Lipinski definition) is 2. The van der Waals surface area contributed by atoms with E-state index in [0.717, 1.165) is 32.2 Å². The summed E-state index contributed by atoms with van der Waals surface area (Å²) in [4.78, 5) is 18.1. The van der Waals surface area contributed by atoms with Gasteiger partial charge in [0.1, 0.15) is 5.82 Å². The molecule has 0 atom stereocenters. The number of rotatable bonds is 9. The summed E-state index contributed by atoms with van der Waals surface area (Å²) in [5, 5.41) is 5.65. The molecule has 132 valence electrons. The number of anilines is 1. The number of nitrogens with one attached hydrogen (secondary N) is 2. The lowest BCUT2D eigenvalue weighted by Crippen LogP contribution is -2.42. The Balaban J connectivity index is 2.34. The van der Waals surface area contributed by atoms with Gasteiger partial charge in [-0.25, -0.2) is 4.39 Å². The number of aliphatic imine (C=N–C) groups is 1. The molecule has 2 N–H and O–H groups in total. The molecule has 0 heterocycles. The van der Waals surface area contributed by atoms with Gasteiger partial charge in [-0.1, -0.05) is 18.6 Å². The summed E-state index contributed by atoms with van der Waals surface area (Å²) in [5.74, 6) is 0.0296. The van der Waals surface area contributed by atoms with Crippen LogP contribution in [0.3, 0.4) is 0 Å². The van der Waals surface area contributed by atoms with E-state index in [0.29, 0.717) is 11.6 Å². The molecule has 1 amide bonds. The zero-order chi connectivity index (χ0) is 17.8. The summed E-state index contributed by atoms with van der Waals surface area (Å²) in [6.07, 6.45) is 6.30. The first kappa shape index (κ1) is 19.7. The van der Waals surface area contributed by atoms with Crippen LogP contribution >= 0.6 is 0 Å². The Labute approximate surface area is 143 Å². The Hall–Kier alpha value is -2.37. The van der Waals surface area contributed by atoms with Crippen molar-refractivity contribution in [2.45, 2.75) is 25.7 Å². The maximum Gasteiger partial charge on any atom is 0.243 e. The highest BCUT2D eigenvalue weighted by atomic mass is 19.1. The van der Waals surface area contributed by atoms with Crippen LogP contribution in [-0.2, 0) is 4.79 Å². The third-order valence-electron chi connectivity index (χ3n) is 3.49. The first-order chi connectivity index (χ1) is 11.6. The largest absolute Gasteiger partial charge is 0.347 e. The topological polar surface area (TPSA) is 56.7 Å². The number of nitrogens with zero attached hydrogens (tertiary/aromatic N) is 2. The highest BCUT2D eigenvalue weighted by Gasteiger charge is 2.08. The van der Waals surface area contributed by atoms with Gasteiger partial charge in [0, 0.05) is 26.3 Å². The quantitative estimate of drug-likeness (QED) is 0.316. The van der Waals surface area contributed by atoms with Crippen LogP contribution in [0.5, 0.6) is 0 Å². The second kappa shape index (κ2) is 11.2. The number of unbranched alkanes of at least 4 members (excludes halogenated alkanes) is 3. The normalized spacial score (nSPS) is 11.0. The molecule has 6 heteroatoms. The van der Waals surface area contributed by atoms with Crippen LogP contribution in [0.15, 0.2) is 41.9 Å². The Bertz CT molecular complexity index is 560. The van der Waals surface area contributed by atoms with Gasteiger partial charge in [-0.3, -0.25) is 9.79 Å². The third kappa shape index (κ3) is 7.76. The van der Waals surface area contributed by atoms with E-state index in [4.69, 9.17) is 0 Å². The maximum absolute atomic E-state index is 13.1. The number of allylic oxidation sites excluding steroid dienone is 1. The van der Waals surface area contributed by atoms with Crippen LogP contribution < -0.4 is 10.6 Å². The smallest absolute Gasteiger partial charge is 0.243 e. The van der Waals surface area contributed by atoms with E-state index in [9.17, 15) is 9.18 Å². The molecule has 24 heavy (non-hydrogen) atoms. The minimum absolute atomic E-state index is 0.0734. The van der Waals surface area contributed by atoms with Gasteiger partial charge < -0.3 is 15.5 Å². The predicted molar refractivity (Wildman–Crippen MR) is 97.7 cm³/mol. The number of halogens is 1. The number of benzene rings is 1. The molecule has 1 aromatic rings. The minimum atomic E-state index is -0.382. The Kier molecular flexibility index (Phi) is 9.19. The molecule has 0 aliphatic carbocycles. The molecule has 0 unspecified atom stereocenters. The lowest BCUT2D eigenvalue weighted by molar-refractivity contribution is -0.115. The van der Waals surface area contributed by atoms with Gasteiger partial charge in [-0.15, -0.1) is 6.58 Å². The summed E-state index contributed by atoms with van der Waals surface area (Å²) in [7, 11) is 3.62. The SMILES string of the molecule is C=CCCCCCN(C)C(=NC)NCC(=O)Nc1cccc(F)c1. The van der Waals surface area contributed by atoms with Crippen molar-refractivity contribution in [3.63, 3.8) is 0 Å². The van der Waals surface area contributed by atoms with Gasteiger partial charge in [0.25, 0.3) is 0 Å². The van der Waals surface area contributed by atoms with E-state index < -0.39 is 0 Å². The highest BCUT2D eigenvalue weighted by molar-refractivity contribution is 5.94. The van der Waals surface area contributed by atoms with Gasteiger partial charge >= 0.3 is 0 Å². The third-order valence-corrected chi connectivity index (χ3v) is 3.49. The molecule has 0 saturated heterocycles. The van der Waals surface area contributed by atoms with Crippen LogP contribution in [-0.4, -0.2) is 44.0 Å². The zero-order valence-corrected chi connectivity index (χ0v) is 14.5. The van der Waals surface area contributed by atoms with E-state index in [-0.39, 0.29) is 18.3 Å². The fraction of sp³-hybridized carbons (Fsp3) is 0.444. The number of guanidine groups is 1. The van der Waals surface area contributed by atoms with Gasteiger partial charge in [-0.05, 0) is 37.5 Å². The molecule has 0 fully saturated rings. The van der Waals surface area contributed by atoms with Crippen LogP contribution in [0.2, 0.25) is 0 Å². The highest BCUT2D eigenvalue weighted by Crippen LogP contribution is 2.08. The van der Waals surface area contributed by atoms with Crippen molar-refractivity contribution in [3.05, 3.63) is 42.7 Å². The second-order valence-electron chi connectivity index (χ2n) is 5.52. The van der Waals surface area contributed by atoms with E-state index in [1.807, 2.05) is 18.0 Å². The van der Waals surface area contributed by atoms with Crippen molar-refractivity contribution in [1.82, 2.24) is 10.2 Å². The van der Waals surface area contributed by atoms with Gasteiger partial charge in [0.15, 0.2) is 5.96 Å². The van der Waals surface area contributed by atoms with Crippen molar-refractivity contribution < 1.29 is 9.18 Å². The summed E-state index contributed by atoms with van der Waals surface area (Å²) in [5.41, 5.74) is 0.437. The predicted octanol–water partition coefficient (Wildman–Crippen LogP) is 3.02. The molecule has 0 radical (unpaired) electrons. The van der Waals surface area contributed by atoms with E-state index in [2.05, 4.69) is 22.2 Å². The Morgan fingerprint density at radius 1 is 1.38 bits per heavy atom. The summed E-state index contributed by atoms with van der Waals surface area (Å²) < 4.78 is 13.1.